The Hall–Kier alpha value is -2.23. The molecule has 2 amide bonds. The smallest absolute Gasteiger partial charge is 0.240 e. The summed E-state index contributed by atoms with van der Waals surface area (Å²) in [7, 11) is -3.61. The zero-order valence-corrected chi connectivity index (χ0v) is 19.9. The van der Waals surface area contributed by atoms with E-state index < -0.39 is 10.0 Å². The Kier molecular flexibility index (Phi) is 6.97. The summed E-state index contributed by atoms with van der Waals surface area (Å²) in [4.78, 5) is 27.3. The van der Waals surface area contributed by atoms with Crippen LogP contribution in [-0.2, 0) is 19.6 Å². The van der Waals surface area contributed by atoms with Crippen molar-refractivity contribution >= 4 is 37.8 Å². The quantitative estimate of drug-likeness (QED) is 0.634. The van der Waals surface area contributed by atoms with Gasteiger partial charge in [-0.25, -0.2) is 13.1 Å². The summed E-state index contributed by atoms with van der Waals surface area (Å²) < 4.78 is 28.9. The topological polar surface area (TPSA) is 95.6 Å². The van der Waals surface area contributed by atoms with E-state index >= 15 is 0 Å². The summed E-state index contributed by atoms with van der Waals surface area (Å²) in [6.07, 6.45) is 2.35. The van der Waals surface area contributed by atoms with E-state index in [0.717, 1.165) is 10.0 Å². The van der Waals surface area contributed by atoms with Crippen LogP contribution in [0.25, 0.3) is 0 Å². The van der Waals surface area contributed by atoms with Gasteiger partial charge in [-0.15, -0.1) is 0 Å². The van der Waals surface area contributed by atoms with Crippen molar-refractivity contribution in [1.82, 2.24) is 14.9 Å². The molecule has 1 saturated heterocycles. The maximum atomic E-state index is 13.3. The van der Waals surface area contributed by atoms with Gasteiger partial charge in [-0.05, 0) is 55.5 Å². The number of hydrogen-bond acceptors (Lipinski definition) is 4. The SMILES string of the molecule is O=C1CN(C(=O)C2CCC(NS(=O)(=O)c3ccc(Br)cc3)CC2)[C@@H](c2ccccc2)CN1. The third-order valence-corrected chi connectivity index (χ3v) is 8.24. The number of sulfonamides is 1. The second-order valence-corrected chi connectivity index (χ2v) is 11.0. The van der Waals surface area contributed by atoms with Crippen LogP contribution >= 0.6 is 15.9 Å². The minimum Gasteiger partial charge on any atom is -0.352 e. The van der Waals surface area contributed by atoms with Crippen molar-refractivity contribution in [2.45, 2.75) is 42.7 Å². The first-order valence-electron chi connectivity index (χ1n) is 10.7. The molecule has 7 nitrogen and oxygen atoms in total. The van der Waals surface area contributed by atoms with Crippen molar-refractivity contribution in [1.29, 1.82) is 0 Å². The predicted molar refractivity (Wildman–Crippen MR) is 124 cm³/mol. The molecular weight excluding hydrogens is 494 g/mol. The number of halogens is 1. The third-order valence-electron chi connectivity index (χ3n) is 6.17. The first kappa shape index (κ1) is 22.9. The summed E-state index contributed by atoms with van der Waals surface area (Å²) in [5.41, 5.74) is 0.997. The highest BCUT2D eigenvalue weighted by Crippen LogP contribution is 2.31. The highest BCUT2D eigenvalue weighted by Gasteiger charge is 2.37. The molecule has 0 aromatic heterocycles. The standard InChI is InChI=1S/C23H26BrN3O4S/c24-18-8-12-20(13-9-18)32(30,31)26-19-10-6-17(7-11-19)23(29)27-15-22(28)25-14-21(27)16-4-2-1-3-5-16/h1-5,8-9,12-13,17,19,21,26H,6-7,10-11,14-15H2,(H,25,28)/t17?,19?,21-/m1/s1. The summed E-state index contributed by atoms with van der Waals surface area (Å²) in [5, 5.41) is 2.86. The summed E-state index contributed by atoms with van der Waals surface area (Å²) in [6, 6.07) is 15.8. The normalized spacial score (nSPS) is 24.1. The van der Waals surface area contributed by atoms with Gasteiger partial charge in [0.15, 0.2) is 0 Å². The Morgan fingerprint density at radius 3 is 2.31 bits per heavy atom. The molecule has 0 radical (unpaired) electrons. The van der Waals surface area contributed by atoms with Crippen LogP contribution in [-0.4, -0.2) is 44.3 Å². The number of piperazine rings is 1. The highest BCUT2D eigenvalue weighted by molar-refractivity contribution is 9.10. The van der Waals surface area contributed by atoms with Gasteiger partial charge in [0.1, 0.15) is 6.54 Å². The molecule has 1 saturated carbocycles. The van der Waals surface area contributed by atoms with Gasteiger partial charge in [0, 0.05) is 23.0 Å². The average Bonchev–Trinajstić information content (AvgIpc) is 2.80. The lowest BCUT2D eigenvalue weighted by atomic mass is 9.85. The van der Waals surface area contributed by atoms with Crippen LogP contribution in [0.1, 0.15) is 37.3 Å². The van der Waals surface area contributed by atoms with Crippen molar-refractivity contribution < 1.29 is 18.0 Å². The largest absolute Gasteiger partial charge is 0.352 e. The fraction of sp³-hybridized carbons (Fsp3) is 0.391. The molecule has 2 aromatic carbocycles. The molecule has 1 aliphatic heterocycles. The Labute approximate surface area is 196 Å². The molecule has 2 N–H and O–H groups in total. The maximum Gasteiger partial charge on any atom is 0.240 e. The van der Waals surface area contributed by atoms with Crippen LogP contribution in [0.3, 0.4) is 0 Å². The number of amides is 2. The molecule has 32 heavy (non-hydrogen) atoms. The number of carbonyl (C=O) groups excluding carboxylic acids is 2. The van der Waals surface area contributed by atoms with Crippen LogP contribution in [0, 0.1) is 5.92 Å². The summed E-state index contributed by atoms with van der Waals surface area (Å²) in [5.74, 6) is -0.384. The van der Waals surface area contributed by atoms with Gasteiger partial charge in [-0.3, -0.25) is 9.59 Å². The van der Waals surface area contributed by atoms with Crippen molar-refractivity contribution in [3.8, 4) is 0 Å². The zero-order valence-electron chi connectivity index (χ0n) is 17.5. The molecular formula is C23H26BrN3O4S. The van der Waals surface area contributed by atoms with E-state index in [1.54, 1.807) is 29.2 Å². The van der Waals surface area contributed by atoms with Crippen LogP contribution < -0.4 is 10.0 Å². The van der Waals surface area contributed by atoms with Crippen molar-refractivity contribution in [3.05, 3.63) is 64.6 Å². The third kappa shape index (κ3) is 5.22. The van der Waals surface area contributed by atoms with Crippen molar-refractivity contribution in [2.24, 2.45) is 5.92 Å². The Balaban J connectivity index is 1.39. The fourth-order valence-electron chi connectivity index (χ4n) is 4.44. The Morgan fingerprint density at radius 1 is 1.00 bits per heavy atom. The fourth-order valence-corrected chi connectivity index (χ4v) is 6.01. The number of rotatable bonds is 5. The van der Waals surface area contributed by atoms with Gasteiger partial charge in [-0.2, -0.15) is 0 Å². The monoisotopic (exact) mass is 519 g/mol. The zero-order chi connectivity index (χ0) is 22.7. The first-order chi connectivity index (χ1) is 15.3. The highest BCUT2D eigenvalue weighted by atomic mass is 79.9. The Bertz CT molecular complexity index is 1070. The van der Waals surface area contributed by atoms with Gasteiger partial charge in [0.05, 0.1) is 10.9 Å². The molecule has 2 fully saturated rings. The van der Waals surface area contributed by atoms with Gasteiger partial charge in [-0.1, -0.05) is 46.3 Å². The molecule has 2 aliphatic rings. The minimum absolute atomic E-state index is 0.0251. The van der Waals surface area contributed by atoms with Crippen molar-refractivity contribution in [3.63, 3.8) is 0 Å². The van der Waals surface area contributed by atoms with Crippen LogP contribution in [0.5, 0.6) is 0 Å². The molecule has 1 aliphatic carbocycles. The van der Waals surface area contributed by atoms with E-state index in [4.69, 9.17) is 0 Å². The lowest BCUT2D eigenvalue weighted by Crippen LogP contribution is -2.54. The molecule has 1 heterocycles. The molecule has 1 atom stereocenters. The van der Waals surface area contributed by atoms with Crippen molar-refractivity contribution in [2.75, 3.05) is 13.1 Å². The lowest BCUT2D eigenvalue weighted by molar-refractivity contribution is -0.145. The van der Waals surface area contributed by atoms with Crippen LogP contribution in [0.2, 0.25) is 0 Å². The lowest BCUT2D eigenvalue weighted by Gasteiger charge is -2.39. The second kappa shape index (κ2) is 9.72. The number of benzene rings is 2. The minimum atomic E-state index is -3.61. The molecule has 0 spiro atoms. The molecule has 2 aromatic rings. The van der Waals surface area contributed by atoms with E-state index in [0.29, 0.717) is 32.2 Å². The number of nitrogens with zero attached hydrogens (tertiary/aromatic N) is 1. The molecule has 0 bridgehead atoms. The van der Waals surface area contributed by atoms with E-state index in [9.17, 15) is 18.0 Å². The van der Waals surface area contributed by atoms with E-state index in [1.165, 1.54) is 0 Å². The summed E-state index contributed by atoms with van der Waals surface area (Å²) in [6.45, 7) is 0.450. The molecule has 170 valence electrons. The number of hydrogen-bond donors (Lipinski definition) is 2. The molecule has 4 rings (SSSR count). The van der Waals surface area contributed by atoms with E-state index in [2.05, 4.69) is 26.0 Å². The van der Waals surface area contributed by atoms with Crippen LogP contribution in [0.15, 0.2) is 64.0 Å². The second-order valence-electron chi connectivity index (χ2n) is 8.32. The Morgan fingerprint density at radius 2 is 1.66 bits per heavy atom. The van der Waals surface area contributed by atoms with Gasteiger partial charge < -0.3 is 10.2 Å². The number of carbonyl (C=O) groups is 2. The summed E-state index contributed by atoms with van der Waals surface area (Å²) >= 11 is 3.31. The van der Waals surface area contributed by atoms with Gasteiger partial charge in [0.25, 0.3) is 0 Å². The average molecular weight is 520 g/mol. The van der Waals surface area contributed by atoms with Gasteiger partial charge >= 0.3 is 0 Å². The predicted octanol–water partition coefficient (Wildman–Crippen LogP) is 2.99. The van der Waals surface area contributed by atoms with Crippen LogP contribution in [0.4, 0.5) is 0 Å². The first-order valence-corrected chi connectivity index (χ1v) is 13.0. The van der Waals surface area contributed by atoms with E-state index in [-0.39, 0.29) is 41.3 Å². The molecule has 0 unspecified atom stereocenters. The molecule has 9 heteroatoms. The number of nitrogens with one attached hydrogen (secondary N) is 2. The van der Waals surface area contributed by atoms with Gasteiger partial charge in [0.2, 0.25) is 21.8 Å². The maximum absolute atomic E-state index is 13.3. The van der Waals surface area contributed by atoms with E-state index in [1.807, 2.05) is 30.3 Å².